The van der Waals surface area contributed by atoms with Crippen molar-refractivity contribution in [3.63, 3.8) is 0 Å². The van der Waals surface area contributed by atoms with E-state index < -0.39 is 0 Å². The van der Waals surface area contributed by atoms with E-state index in [1.54, 1.807) is 0 Å². The second-order valence-electron chi connectivity index (χ2n) is 7.92. The van der Waals surface area contributed by atoms with Gasteiger partial charge in [0.25, 0.3) is 5.91 Å². The molecular weight excluding hydrogens is 362 g/mol. The third-order valence-electron chi connectivity index (χ3n) is 5.86. The topological polar surface area (TPSA) is 52.7 Å². The third kappa shape index (κ3) is 4.61. The molecule has 2 amide bonds. The Hall–Kier alpha value is -2.82. The van der Waals surface area contributed by atoms with Gasteiger partial charge in [0.1, 0.15) is 0 Å². The lowest BCUT2D eigenvalue weighted by molar-refractivity contribution is -0.117. The number of nitrogens with one attached hydrogen (secondary N) is 1. The second-order valence-corrected chi connectivity index (χ2v) is 7.92. The zero-order valence-corrected chi connectivity index (χ0v) is 16.9. The molecule has 1 fully saturated rings. The molecule has 0 spiro atoms. The van der Waals surface area contributed by atoms with Gasteiger partial charge >= 0.3 is 0 Å². The van der Waals surface area contributed by atoms with Gasteiger partial charge in [-0.3, -0.25) is 9.59 Å². The van der Waals surface area contributed by atoms with Gasteiger partial charge in [-0.25, -0.2) is 0 Å². The quantitative estimate of drug-likeness (QED) is 0.854. The molecule has 152 valence electrons. The highest BCUT2D eigenvalue weighted by atomic mass is 16.2. The maximum absolute atomic E-state index is 12.9. The summed E-state index contributed by atoms with van der Waals surface area (Å²) in [5, 5.41) is 3.22. The van der Waals surface area contributed by atoms with E-state index in [0.717, 1.165) is 56.7 Å². The molecule has 4 rings (SSSR count). The molecule has 1 N–H and O–H groups in total. The summed E-state index contributed by atoms with van der Waals surface area (Å²) < 4.78 is 0. The lowest BCUT2D eigenvalue weighted by atomic mass is 10.0. The van der Waals surface area contributed by atoms with Crippen LogP contribution >= 0.6 is 0 Å². The number of nitrogens with zero attached hydrogens (tertiary/aromatic N) is 2. The number of carbonyl (C=O) groups is 2. The maximum atomic E-state index is 12.9. The summed E-state index contributed by atoms with van der Waals surface area (Å²) >= 11 is 0. The molecule has 2 aromatic carbocycles. The van der Waals surface area contributed by atoms with E-state index in [0.29, 0.717) is 5.56 Å². The summed E-state index contributed by atoms with van der Waals surface area (Å²) in [5.41, 5.74) is 3.75. The van der Waals surface area contributed by atoms with Gasteiger partial charge in [0, 0.05) is 36.6 Å². The average molecular weight is 392 g/mol. The Morgan fingerprint density at radius 2 is 1.66 bits per heavy atom. The fraction of sp³-hybridized carbons (Fsp3) is 0.417. The molecule has 29 heavy (non-hydrogen) atoms. The Morgan fingerprint density at radius 1 is 0.862 bits per heavy atom. The third-order valence-corrected chi connectivity index (χ3v) is 5.86. The number of benzene rings is 2. The van der Waals surface area contributed by atoms with Crippen molar-refractivity contribution in [1.29, 1.82) is 0 Å². The van der Waals surface area contributed by atoms with Crippen LogP contribution in [0.15, 0.2) is 48.5 Å². The van der Waals surface area contributed by atoms with Crippen LogP contribution in [0.4, 0.5) is 11.4 Å². The van der Waals surface area contributed by atoms with Crippen LogP contribution in [-0.4, -0.2) is 42.9 Å². The molecule has 2 aromatic rings. The van der Waals surface area contributed by atoms with Gasteiger partial charge in [-0.2, -0.15) is 0 Å². The molecular formula is C24H29N3O2. The highest BCUT2D eigenvalue weighted by molar-refractivity contribution is 5.98. The number of carbonyl (C=O) groups excluding carboxylic acids is 2. The molecule has 5 heteroatoms. The minimum absolute atomic E-state index is 0.0568. The average Bonchev–Trinajstić information content (AvgIpc) is 3.06. The highest BCUT2D eigenvalue weighted by Gasteiger charge is 2.22. The molecule has 0 aliphatic carbocycles. The lowest BCUT2D eigenvalue weighted by Crippen LogP contribution is -2.39. The van der Waals surface area contributed by atoms with Gasteiger partial charge in [0.05, 0.1) is 6.54 Å². The van der Waals surface area contributed by atoms with Crippen LogP contribution in [-0.2, 0) is 11.2 Å². The van der Waals surface area contributed by atoms with Crippen molar-refractivity contribution in [1.82, 2.24) is 4.90 Å². The molecule has 5 nitrogen and oxygen atoms in total. The predicted octanol–water partition coefficient (Wildman–Crippen LogP) is 4.09. The number of rotatable bonds is 4. The Bertz CT molecular complexity index is 872. The smallest absolute Gasteiger partial charge is 0.253 e. The maximum Gasteiger partial charge on any atom is 0.253 e. The van der Waals surface area contributed by atoms with E-state index in [-0.39, 0.29) is 18.4 Å². The fourth-order valence-electron chi connectivity index (χ4n) is 4.28. The Morgan fingerprint density at radius 3 is 2.48 bits per heavy atom. The summed E-state index contributed by atoms with van der Waals surface area (Å²) in [6, 6.07) is 15.6. The predicted molar refractivity (Wildman–Crippen MR) is 116 cm³/mol. The van der Waals surface area contributed by atoms with Crippen LogP contribution < -0.4 is 10.2 Å². The lowest BCUT2D eigenvalue weighted by Gasteiger charge is -2.29. The summed E-state index contributed by atoms with van der Waals surface area (Å²) in [7, 11) is 0. The van der Waals surface area contributed by atoms with Gasteiger partial charge in [0.2, 0.25) is 5.91 Å². The first kappa shape index (κ1) is 19.5. The van der Waals surface area contributed by atoms with Gasteiger partial charge < -0.3 is 15.1 Å². The number of para-hydroxylation sites is 1. The van der Waals surface area contributed by atoms with E-state index in [2.05, 4.69) is 11.4 Å². The zero-order valence-electron chi connectivity index (χ0n) is 16.9. The first-order chi connectivity index (χ1) is 14.2. The number of anilines is 2. The summed E-state index contributed by atoms with van der Waals surface area (Å²) in [6.45, 7) is 2.65. The number of hydrogen-bond donors (Lipinski definition) is 1. The molecule has 0 unspecified atom stereocenters. The Labute approximate surface area is 172 Å². The SMILES string of the molecule is O=C(c1cccc(NCC(=O)N2CCCc3ccccc32)c1)N1CCCCCC1. The van der Waals surface area contributed by atoms with E-state index >= 15 is 0 Å². The van der Waals surface area contributed by atoms with E-state index in [1.165, 1.54) is 18.4 Å². The molecule has 2 aliphatic heterocycles. The van der Waals surface area contributed by atoms with Crippen LogP contribution in [0.2, 0.25) is 0 Å². The van der Waals surface area contributed by atoms with Crippen LogP contribution in [0.25, 0.3) is 0 Å². The minimum Gasteiger partial charge on any atom is -0.376 e. The second kappa shape index (κ2) is 9.12. The number of amides is 2. The summed E-state index contributed by atoms with van der Waals surface area (Å²) in [5.74, 6) is 0.147. The van der Waals surface area contributed by atoms with Crippen molar-refractivity contribution in [3.8, 4) is 0 Å². The first-order valence-corrected chi connectivity index (χ1v) is 10.7. The summed E-state index contributed by atoms with van der Waals surface area (Å²) in [6.07, 6.45) is 6.57. The highest BCUT2D eigenvalue weighted by Crippen LogP contribution is 2.26. The van der Waals surface area contributed by atoms with Crippen LogP contribution in [0.1, 0.15) is 48.0 Å². The van der Waals surface area contributed by atoms with Crippen molar-refractivity contribution in [2.75, 3.05) is 36.4 Å². The zero-order chi connectivity index (χ0) is 20.1. The monoisotopic (exact) mass is 391 g/mol. The number of fused-ring (bicyclic) bond motifs is 1. The van der Waals surface area contributed by atoms with Crippen LogP contribution in [0.3, 0.4) is 0 Å². The number of aryl methyl sites for hydroxylation is 1. The van der Waals surface area contributed by atoms with Gasteiger partial charge in [-0.1, -0.05) is 37.1 Å². The van der Waals surface area contributed by atoms with Crippen molar-refractivity contribution >= 4 is 23.2 Å². The van der Waals surface area contributed by atoms with E-state index in [9.17, 15) is 9.59 Å². The normalized spacial score (nSPS) is 16.7. The van der Waals surface area contributed by atoms with Crippen LogP contribution in [0, 0.1) is 0 Å². The molecule has 2 heterocycles. The Kier molecular flexibility index (Phi) is 6.13. The molecule has 0 atom stereocenters. The fourth-order valence-corrected chi connectivity index (χ4v) is 4.28. The molecule has 1 saturated heterocycles. The number of hydrogen-bond acceptors (Lipinski definition) is 3. The minimum atomic E-state index is 0.0568. The molecule has 0 saturated carbocycles. The molecule has 0 bridgehead atoms. The van der Waals surface area contributed by atoms with E-state index in [1.807, 2.05) is 52.3 Å². The van der Waals surface area contributed by atoms with E-state index in [4.69, 9.17) is 0 Å². The summed E-state index contributed by atoms with van der Waals surface area (Å²) in [4.78, 5) is 29.5. The van der Waals surface area contributed by atoms with Crippen LogP contribution in [0.5, 0.6) is 0 Å². The first-order valence-electron chi connectivity index (χ1n) is 10.7. The molecule has 0 radical (unpaired) electrons. The largest absolute Gasteiger partial charge is 0.376 e. The van der Waals surface area contributed by atoms with Crippen molar-refractivity contribution < 1.29 is 9.59 Å². The molecule has 0 aromatic heterocycles. The standard InChI is InChI=1S/C24H29N3O2/c28-23(27-16-8-11-19-9-3-4-13-22(19)27)18-25-21-12-7-10-20(17-21)24(29)26-14-5-1-2-6-15-26/h3-4,7,9-10,12-13,17,25H,1-2,5-6,8,11,14-16,18H2. The van der Waals surface area contributed by atoms with Crippen molar-refractivity contribution in [3.05, 3.63) is 59.7 Å². The van der Waals surface area contributed by atoms with Crippen molar-refractivity contribution in [2.24, 2.45) is 0 Å². The van der Waals surface area contributed by atoms with Gasteiger partial charge in [-0.05, 0) is 55.5 Å². The molecule has 2 aliphatic rings. The van der Waals surface area contributed by atoms with Gasteiger partial charge in [0.15, 0.2) is 0 Å². The van der Waals surface area contributed by atoms with Crippen molar-refractivity contribution in [2.45, 2.75) is 38.5 Å². The number of likely N-dealkylation sites (tertiary alicyclic amines) is 1. The van der Waals surface area contributed by atoms with Gasteiger partial charge in [-0.15, -0.1) is 0 Å². The Balaban J connectivity index is 1.40.